The van der Waals surface area contributed by atoms with Gasteiger partial charge in [-0.25, -0.2) is 4.39 Å². The number of hydrogen-bond acceptors (Lipinski definition) is 3. The molecular formula is C19H24F4O3. The molecule has 0 aliphatic carbocycles. The number of alkyl halides is 3. The predicted octanol–water partition coefficient (Wildman–Crippen LogP) is 4.64. The van der Waals surface area contributed by atoms with E-state index in [2.05, 4.69) is 0 Å². The fourth-order valence-electron chi connectivity index (χ4n) is 4.12. The van der Waals surface area contributed by atoms with Gasteiger partial charge in [-0.1, -0.05) is 32.0 Å². The van der Waals surface area contributed by atoms with Crippen molar-refractivity contribution in [3.63, 3.8) is 0 Å². The topological polar surface area (TPSA) is 27.7 Å². The Morgan fingerprint density at radius 1 is 1.15 bits per heavy atom. The molecule has 4 atom stereocenters. The van der Waals surface area contributed by atoms with E-state index in [4.69, 9.17) is 14.2 Å². The van der Waals surface area contributed by atoms with Gasteiger partial charge in [-0.3, -0.25) is 0 Å². The minimum Gasteiger partial charge on any atom is -0.370 e. The lowest BCUT2D eigenvalue weighted by Gasteiger charge is -2.38. The van der Waals surface area contributed by atoms with E-state index in [-0.39, 0.29) is 24.4 Å². The van der Waals surface area contributed by atoms with Gasteiger partial charge in [0.05, 0.1) is 24.4 Å². The van der Waals surface area contributed by atoms with Gasteiger partial charge < -0.3 is 14.2 Å². The molecule has 0 amide bonds. The molecule has 1 aromatic carbocycles. The molecule has 0 saturated carbocycles. The molecule has 0 spiro atoms. The molecule has 3 rings (SSSR count). The summed E-state index contributed by atoms with van der Waals surface area (Å²) in [7, 11) is 0. The van der Waals surface area contributed by atoms with Crippen LogP contribution in [0.15, 0.2) is 24.3 Å². The highest BCUT2D eigenvalue weighted by Gasteiger charge is 2.66. The summed E-state index contributed by atoms with van der Waals surface area (Å²) in [6, 6.07) is 6.36. The van der Waals surface area contributed by atoms with Crippen LogP contribution < -0.4 is 0 Å². The van der Waals surface area contributed by atoms with Gasteiger partial charge in [0, 0.05) is 18.4 Å². The Hall–Kier alpha value is -1.18. The van der Waals surface area contributed by atoms with Gasteiger partial charge in [-0.15, -0.1) is 0 Å². The van der Waals surface area contributed by atoms with Crippen LogP contribution in [0.4, 0.5) is 17.6 Å². The third kappa shape index (κ3) is 3.62. The van der Waals surface area contributed by atoms with Crippen molar-refractivity contribution in [1.29, 1.82) is 0 Å². The second kappa shape index (κ2) is 6.77. The highest BCUT2D eigenvalue weighted by Crippen LogP contribution is 2.56. The van der Waals surface area contributed by atoms with Gasteiger partial charge >= 0.3 is 6.18 Å². The minimum absolute atomic E-state index is 0.0374. The Bertz CT molecular complexity index is 648. The predicted molar refractivity (Wildman–Crippen MR) is 87.1 cm³/mol. The van der Waals surface area contributed by atoms with Crippen molar-refractivity contribution in [2.24, 2.45) is 5.92 Å². The van der Waals surface area contributed by atoms with Crippen LogP contribution in [0, 0.1) is 11.7 Å². The van der Waals surface area contributed by atoms with Crippen LogP contribution >= 0.6 is 0 Å². The number of rotatable bonds is 6. The number of halogens is 4. The van der Waals surface area contributed by atoms with Gasteiger partial charge in [0.15, 0.2) is 0 Å². The first-order chi connectivity index (χ1) is 12.1. The summed E-state index contributed by atoms with van der Waals surface area (Å²) in [4.78, 5) is 0. The molecular weight excluding hydrogens is 352 g/mol. The van der Waals surface area contributed by atoms with E-state index in [1.54, 1.807) is 18.2 Å². The zero-order valence-corrected chi connectivity index (χ0v) is 15.1. The maximum Gasteiger partial charge on any atom is 0.411 e. The lowest BCUT2D eigenvalue weighted by atomic mass is 9.73. The summed E-state index contributed by atoms with van der Waals surface area (Å²) < 4.78 is 68.8. The van der Waals surface area contributed by atoms with Gasteiger partial charge in [-0.05, 0) is 18.9 Å². The second-order valence-corrected chi connectivity index (χ2v) is 7.74. The van der Waals surface area contributed by atoms with E-state index in [9.17, 15) is 17.6 Å². The van der Waals surface area contributed by atoms with E-state index >= 15 is 0 Å². The molecule has 2 fully saturated rings. The minimum atomic E-state index is -4.37. The third-order valence-corrected chi connectivity index (χ3v) is 5.57. The molecule has 2 aliphatic rings. The Morgan fingerprint density at radius 3 is 2.46 bits per heavy atom. The van der Waals surface area contributed by atoms with Crippen LogP contribution in [0.3, 0.4) is 0 Å². The van der Waals surface area contributed by atoms with Crippen molar-refractivity contribution < 1.29 is 31.8 Å². The highest BCUT2D eigenvalue weighted by atomic mass is 19.4. The lowest BCUT2D eigenvalue weighted by molar-refractivity contribution is -0.204. The standard InChI is InChI=1S/C19H24F4O3/c1-12(2)18-9-15(24-10-13-6-4-5-7-14(13)20)17(3,26-18)8-16(18)25-11-19(21,22)23/h4-7,12,15-16H,8-11H2,1-3H3/t15-,16+,17+,18-/m1/s1. The Kier molecular flexibility index (Phi) is 5.09. The normalized spacial score (nSPS) is 34.0. The maximum atomic E-state index is 13.8. The molecule has 0 radical (unpaired) electrons. The Morgan fingerprint density at radius 2 is 1.85 bits per heavy atom. The largest absolute Gasteiger partial charge is 0.411 e. The first-order valence-corrected chi connectivity index (χ1v) is 8.79. The Labute approximate surface area is 150 Å². The molecule has 2 heterocycles. The van der Waals surface area contributed by atoms with Crippen molar-refractivity contribution in [2.75, 3.05) is 6.61 Å². The molecule has 1 aromatic rings. The molecule has 146 valence electrons. The van der Waals surface area contributed by atoms with E-state index in [1.807, 2.05) is 20.8 Å². The van der Waals surface area contributed by atoms with E-state index < -0.39 is 30.1 Å². The van der Waals surface area contributed by atoms with Crippen LogP contribution in [-0.4, -0.2) is 36.2 Å². The summed E-state index contributed by atoms with van der Waals surface area (Å²) in [5.41, 5.74) is -1.12. The summed E-state index contributed by atoms with van der Waals surface area (Å²) in [6.07, 6.45) is -4.58. The Balaban J connectivity index is 1.70. The lowest BCUT2D eigenvalue weighted by Crippen LogP contribution is -2.49. The summed E-state index contributed by atoms with van der Waals surface area (Å²) in [5.74, 6) is -0.378. The fourth-order valence-corrected chi connectivity index (χ4v) is 4.12. The number of hydrogen-bond donors (Lipinski definition) is 0. The number of benzene rings is 1. The molecule has 7 heteroatoms. The average Bonchev–Trinajstić information content (AvgIpc) is 3.00. The molecule has 0 aromatic heterocycles. The molecule has 2 saturated heterocycles. The van der Waals surface area contributed by atoms with Crippen LogP contribution in [-0.2, 0) is 20.8 Å². The van der Waals surface area contributed by atoms with E-state index in [1.165, 1.54) is 6.07 Å². The maximum absolute atomic E-state index is 13.8. The van der Waals surface area contributed by atoms with Crippen molar-refractivity contribution in [2.45, 2.75) is 69.8 Å². The third-order valence-electron chi connectivity index (χ3n) is 5.57. The smallest absolute Gasteiger partial charge is 0.370 e. The van der Waals surface area contributed by atoms with Crippen LogP contribution in [0.5, 0.6) is 0 Å². The highest BCUT2D eigenvalue weighted by molar-refractivity contribution is 5.18. The fraction of sp³-hybridized carbons (Fsp3) is 0.684. The van der Waals surface area contributed by atoms with Crippen molar-refractivity contribution in [3.8, 4) is 0 Å². The van der Waals surface area contributed by atoms with Gasteiger partial charge in [-0.2, -0.15) is 13.2 Å². The first-order valence-electron chi connectivity index (χ1n) is 8.79. The molecule has 2 bridgehead atoms. The van der Waals surface area contributed by atoms with Gasteiger partial charge in [0.1, 0.15) is 18.0 Å². The average molecular weight is 376 g/mol. The monoisotopic (exact) mass is 376 g/mol. The summed E-state index contributed by atoms with van der Waals surface area (Å²) in [5, 5.41) is 0. The number of fused-ring (bicyclic) bond motifs is 2. The molecule has 3 nitrogen and oxygen atoms in total. The quantitative estimate of drug-likeness (QED) is 0.677. The molecule has 26 heavy (non-hydrogen) atoms. The van der Waals surface area contributed by atoms with Crippen LogP contribution in [0.2, 0.25) is 0 Å². The first kappa shape index (κ1) is 19.6. The van der Waals surface area contributed by atoms with Gasteiger partial charge in [0.2, 0.25) is 0 Å². The summed E-state index contributed by atoms with van der Waals surface area (Å²) in [6.45, 7) is 4.47. The molecule has 0 unspecified atom stereocenters. The van der Waals surface area contributed by atoms with Crippen LogP contribution in [0.1, 0.15) is 39.2 Å². The molecule has 2 aliphatic heterocycles. The van der Waals surface area contributed by atoms with E-state index in [0.29, 0.717) is 18.4 Å². The SMILES string of the molecule is CC(C)[C@]12C[C@@H](OCc3ccccc3F)[C@](C)(C[C@@H]1OCC(F)(F)F)O2. The second-order valence-electron chi connectivity index (χ2n) is 7.74. The van der Waals surface area contributed by atoms with Crippen molar-refractivity contribution in [3.05, 3.63) is 35.6 Å². The molecule has 0 N–H and O–H groups in total. The van der Waals surface area contributed by atoms with Crippen LogP contribution in [0.25, 0.3) is 0 Å². The summed E-state index contributed by atoms with van der Waals surface area (Å²) >= 11 is 0. The van der Waals surface area contributed by atoms with E-state index in [0.717, 1.165) is 0 Å². The van der Waals surface area contributed by atoms with Crippen molar-refractivity contribution >= 4 is 0 Å². The zero-order valence-electron chi connectivity index (χ0n) is 15.1. The number of ether oxygens (including phenoxy) is 3. The van der Waals surface area contributed by atoms with Gasteiger partial charge in [0.25, 0.3) is 0 Å². The zero-order chi connectivity index (χ0) is 19.2. The van der Waals surface area contributed by atoms with Crippen molar-refractivity contribution in [1.82, 2.24) is 0 Å².